The second kappa shape index (κ2) is 9.36. The topological polar surface area (TPSA) is 38.0 Å². The maximum absolute atomic E-state index is 12.5. The van der Waals surface area contributed by atoms with Crippen LogP contribution in [-0.2, 0) is 11.2 Å². The van der Waals surface area contributed by atoms with Crippen molar-refractivity contribution in [3.63, 3.8) is 0 Å². The van der Waals surface area contributed by atoms with Crippen molar-refractivity contribution < 1.29 is 14.6 Å². The summed E-state index contributed by atoms with van der Waals surface area (Å²) >= 11 is 5.92. The van der Waals surface area contributed by atoms with Gasteiger partial charge in [-0.05, 0) is 24.6 Å². The highest BCUT2D eigenvalue weighted by molar-refractivity contribution is 6.30. The quantitative estimate of drug-likeness (QED) is 0.662. The van der Waals surface area contributed by atoms with E-state index in [-0.39, 0.29) is 5.91 Å². The van der Waals surface area contributed by atoms with Gasteiger partial charge in [-0.25, -0.2) is 0 Å². The molecule has 1 amide bonds. The van der Waals surface area contributed by atoms with Gasteiger partial charge < -0.3 is 15.1 Å². The van der Waals surface area contributed by atoms with Gasteiger partial charge in [-0.1, -0.05) is 53.6 Å². The monoisotopic (exact) mass is 387 g/mol. The van der Waals surface area contributed by atoms with Crippen molar-refractivity contribution in [2.24, 2.45) is 0 Å². The molecule has 5 heteroatoms. The van der Waals surface area contributed by atoms with E-state index >= 15 is 0 Å². The molecule has 4 nitrogen and oxygen atoms in total. The molecule has 3 N–H and O–H groups in total. The number of carbonyl (C=O) groups is 1. The maximum Gasteiger partial charge on any atom is 0.224 e. The van der Waals surface area contributed by atoms with Crippen molar-refractivity contribution >= 4 is 17.5 Å². The summed E-state index contributed by atoms with van der Waals surface area (Å²) in [6, 6.07) is 16.5. The zero-order valence-electron chi connectivity index (χ0n) is 16.2. The van der Waals surface area contributed by atoms with Gasteiger partial charge in [-0.2, -0.15) is 0 Å². The Morgan fingerprint density at radius 2 is 1.67 bits per heavy atom. The second-order valence-electron chi connectivity index (χ2n) is 7.69. The lowest BCUT2D eigenvalue weighted by atomic mass is 10.0. The van der Waals surface area contributed by atoms with E-state index in [0.29, 0.717) is 24.0 Å². The number of quaternary nitrogens is 2. The first-order chi connectivity index (χ1) is 13.0. The Balaban J connectivity index is 1.64. The minimum absolute atomic E-state index is 0.0635. The number of benzene rings is 2. The molecule has 2 aromatic rings. The van der Waals surface area contributed by atoms with E-state index in [4.69, 9.17) is 11.6 Å². The molecule has 0 radical (unpaired) electrons. The predicted molar refractivity (Wildman–Crippen MR) is 109 cm³/mol. The van der Waals surface area contributed by atoms with Crippen LogP contribution in [0.3, 0.4) is 0 Å². The fourth-order valence-corrected chi connectivity index (χ4v) is 3.84. The van der Waals surface area contributed by atoms with Gasteiger partial charge in [0.1, 0.15) is 32.2 Å². The molecule has 0 aliphatic carbocycles. The minimum Gasteiger partial charge on any atom is -0.349 e. The fraction of sp³-hybridized carbons (Fsp3) is 0.409. The van der Waals surface area contributed by atoms with E-state index in [2.05, 4.69) is 43.6 Å². The number of rotatable bonds is 6. The number of likely N-dealkylation sites (N-methyl/N-ethyl adjacent to an activating group) is 1. The van der Waals surface area contributed by atoms with Crippen LogP contribution in [0.4, 0.5) is 0 Å². The van der Waals surface area contributed by atoms with Crippen LogP contribution in [0, 0.1) is 6.92 Å². The molecule has 3 rings (SSSR count). The number of halogens is 1. The first-order valence-electron chi connectivity index (χ1n) is 9.75. The second-order valence-corrected chi connectivity index (χ2v) is 8.12. The maximum atomic E-state index is 12.5. The largest absolute Gasteiger partial charge is 0.349 e. The first kappa shape index (κ1) is 19.9. The molecule has 144 valence electrons. The van der Waals surface area contributed by atoms with Crippen LogP contribution in [0.25, 0.3) is 0 Å². The Bertz CT molecular complexity index is 737. The minimum atomic E-state index is 0.0635. The molecule has 0 aromatic heterocycles. The highest BCUT2D eigenvalue weighted by Gasteiger charge is 2.29. The summed E-state index contributed by atoms with van der Waals surface area (Å²) in [4.78, 5) is 15.6. The molecule has 0 spiro atoms. The molecular weight excluding hydrogens is 358 g/mol. The van der Waals surface area contributed by atoms with E-state index in [1.54, 1.807) is 9.80 Å². The van der Waals surface area contributed by atoms with Gasteiger partial charge in [0.05, 0.1) is 20.0 Å². The highest BCUT2D eigenvalue weighted by atomic mass is 35.5. The Morgan fingerprint density at radius 3 is 2.30 bits per heavy atom. The number of hydrogen-bond donors (Lipinski definition) is 3. The van der Waals surface area contributed by atoms with Gasteiger partial charge >= 0.3 is 0 Å². The van der Waals surface area contributed by atoms with Crippen LogP contribution in [0.5, 0.6) is 0 Å². The average molecular weight is 388 g/mol. The van der Waals surface area contributed by atoms with Gasteiger partial charge in [-0.15, -0.1) is 0 Å². The first-order valence-corrected chi connectivity index (χ1v) is 10.1. The summed E-state index contributed by atoms with van der Waals surface area (Å²) < 4.78 is 0. The molecule has 1 aliphatic rings. The third kappa shape index (κ3) is 5.80. The third-order valence-electron chi connectivity index (χ3n) is 5.50. The van der Waals surface area contributed by atoms with Crippen LogP contribution < -0.4 is 15.1 Å². The van der Waals surface area contributed by atoms with Crippen molar-refractivity contribution in [2.45, 2.75) is 19.4 Å². The zero-order valence-corrected chi connectivity index (χ0v) is 17.0. The SMILES string of the molecule is Cc1ccc([C@H](CNC(=O)Cc2ccc(Cl)cc2)[NH+]2CC[NH+](C)CC2)cc1. The average Bonchev–Trinajstić information content (AvgIpc) is 2.66. The van der Waals surface area contributed by atoms with E-state index in [1.807, 2.05) is 24.3 Å². The molecule has 27 heavy (non-hydrogen) atoms. The fourth-order valence-electron chi connectivity index (χ4n) is 3.71. The van der Waals surface area contributed by atoms with Crippen molar-refractivity contribution in [3.8, 4) is 0 Å². The Hall–Kier alpha value is -1.88. The zero-order chi connectivity index (χ0) is 19.2. The summed E-state index contributed by atoms with van der Waals surface area (Å²) in [5, 5.41) is 3.86. The smallest absolute Gasteiger partial charge is 0.224 e. The van der Waals surface area contributed by atoms with Crippen molar-refractivity contribution in [1.82, 2.24) is 5.32 Å². The van der Waals surface area contributed by atoms with Gasteiger partial charge in [0.2, 0.25) is 5.91 Å². The van der Waals surface area contributed by atoms with E-state index in [0.717, 1.165) is 18.7 Å². The van der Waals surface area contributed by atoms with Crippen molar-refractivity contribution in [1.29, 1.82) is 0 Å². The lowest BCUT2D eigenvalue weighted by molar-refractivity contribution is -1.02. The van der Waals surface area contributed by atoms with Crippen LogP contribution in [-0.4, -0.2) is 45.7 Å². The molecule has 0 unspecified atom stereocenters. The molecule has 1 fully saturated rings. The summed E-state index contributed by atoms with van der Waals surface area (Å²) in [5.74, 6) is 0.0635. The van der Waals surface area contributed by atoms with Gasteiger partial charge in [0.25, 0.3) is 0 Å². The summed E-state index contributed by atoms with van der Waals surface area (Å²) in [6.07, 6.45) is 0.389. The summed E-state index contributed by atoms with van der Waals surface area (Å²) in [6.45, 7) is 7.41. The Morgan fingerprint density at radius 1 is 1.04 bits per heavy atom. The summed E-state index contributed by atoms with van der Waals surface area (Å²) in [7, 11) is 2.26. The van der Waals surface area contributed by atoms with Crippen molar-refractivity contribution in [2.75, 3.05) is 39.8 Å². The number of amides is 1. The van der Waals surface area contributed by atoms with E-state index in [1.165, 1.54) is 24.2 Å². The highest BCUT2D eigenvalue weighted by Crippen LogP contribution is 2.12. The molecule has 0 bridgehead atoms. The molecule has 1 saturated heterocycles. The predicted octanol–water partition coefficient (Wildman–Crippen LogP) is 0.462. The molecule has 0 saturated carbocycles. The number of piperazine rings is 1. The van der Waals surface area contributed by atoms with E-state index < -0.39 is 0 Å². The lowest BCUT2D eigenvalue weighted by Crippen LogP contribution is -3.27. The number of hydrogen-bond acceptors (Lipinski definition) is 1. The third-order valence-corrected chi connectivity index (χ3v) is 5.75. The van der Waals surface area contributed by atoms with Crippen LogP contribution in [0.1, 0.15) is 22.7 Å². The van der Waals surface area contributed by atoms with Crippen LogP contribution in [0.2, 0.25) is 5.02 Å². The van der Waals surface area contributed by atoms with Gasteiger partial charge in [0, 0.05) is 10.6 Å². The number of nitrogens with one attached hydrogen (secondary N) is 3. The lowest BCUT2D eigenvalue weighted by Gasteiger charge is -2.33. The van der Waals surface area contributed by atoms with Gasteiger partial charge in [-0.3, -0.25) is 4.79 Å². The Kier molecular flexibility index (Phi) is 6.89. The van der Waals surface area contributed by atoms with E-state index in [9.17, 15) is 4.79 Å². The molecule has 1 atom stereocenters. The number of carbonyl (C=O) groups excluding carboxylic acids is 1. The van der Waals surface area contributed by atoms with Crippen LogP contribution >= 0.6 is 11.6 Å². The number of aryl methyl sites for hydroxylation is 1. The Labute approximate surface area is 167 Å². The summed E-state index contributed by atoms with van der Waals surface area (Å²) in [5.41, 5.74) is 3.56. The molecule has 1 heterocycles. The van der Waals surface area contributed by atoms with Crippen LogP contribution in [0.15, 0.2) is 48.5 Å². The molecule has 2 aromatic carbocycles. The van der Waals surface area contributed by atoms with Gasteiger partial charge in [0.15, 0.2) is 0 Å². The molecular formula is C22H30ClN3O+2. The standard InChI is InChI=1S/C22H28ClN3O/c1-17-3-7-19(8-4-17)21(26-13-11-25(2)12-14-26)16-24-22(27)15-18-5-9-20(23)10-6-18/h3-10,21H,11-16H2,1-2H3,(H,24,27)/p+2/t21-/m0/s1. The molecule has 1 aliphatic heterocycles. The van der Waals surface area contributed by atoms with Crippen molar-refractivity contribution in [3.05, 3.63) is 70.2 Å². The normalized spacial score (nSPS) is 20.9.